The van der Waals surface area contributed by atoms with E-state index in [9.17, 15) is 4.79 Å². The minimum Gasteiger partial charge on any atom is -0.492 e. The van der Waals surface area contributed by atoms with Crippen molar-refractivity contribution in [1.29, 1.82) is 0 Å². The third-order valence-corrected chi connectivity index (χ3v) is 2.04. The maximum atomic E-state index is 10.9. The second-order valence-electron chi connectivity index (χ2n) is 2.36. The number of esters is 1. The number of rotatable bonds is 5. The summed E-state index contributed by atoms with van der Waals surface area (Å²) in [6.45, 7) is 2.60. The van der Waals surface area contributed by atoms with Gasteiger partial charge in [-0.25, -0.2) is 0 Å². The SMILES string of the molecule is CCOC(=O)CCOc1ccsc1. The van der Waals surface area contributed by atoms with Gasteiger partial charge in [0.15, 0.2) is 0 Å². The van der Waals surface area contributed by atoms with Gasteiger partial charge in [-0.2, -0.15) is 0 Å². The summed E-state index contributed by atoms with van der Waals surface area (Å²) in [6.07, 6.45) is 0.309. The van der Waals surface area contributed by atoms with E-state index in [2.05, 4.69) is 0 Å². The Balaban J connectivity index is 2.11. The van der Waals surface area contributed by atoms with Gasteiger partial charge in [0.05, 0.1) is 19.6 Å². The van der Waals surface area contributed by atoms with Gasteiger partial charge in [0.25, 0.3) is 0 Å². The first-order valence-electron chi connectivity index (χ1n) is 4.13. The summed E-state index contributed by atoms with van der Waals surface area (Å²) in [5, 5.41) is 3.82. The molecular formula is C9H12O3S. The molecule has 1 heterocycles. The van der Waals surface area contributed by atoms with Crippen LogP contribution in [-0.4, -0.2) is 19.2 Å². The molecule has 0 aromatic carbocycles. The molecular weight excluding hydrogens is 188 g/mol. The first-order chi connectivity index (χ1) is 6.33. The van der Waals surface area contributed by atoms with Crippen LogP contribution in [-0.2, 0) is 9.53 Å². The van der Waals surface area contributed by atoms with Gasteiger partial charge < -0.3 is 9.47 Å². The average molecular weight is 200 g/mol. The standard InChI is InChI=1S/C9H12O3S/c1-2-11-9(10)3-5-12-8-4-6-13-7-8/h4,6-7H,2-3,5H2,1H3. The molecule has 3 nitrogen and oxygen atoms in total. The van der Waals surface area contributed by atoms with Crippen molar-refractivity contribution in [3.63, 3.8) is 0 Å². The van der Waals surface area contributed by atoms with Gasteiger partial charge in [-0.3, -0.25) is 4.79 Å². The summed E-state index contributed by atoms with van der Waals surface area (Å²) in [5.74, 6) is 0.604. The third-order valence-electron chi connectivity index (χ3n) is 1.38. The summed E-state index contributed by atoms with van der Waals surface area (Å²) in [5.41, 5.74) is 0. The Morgan fingerprint density at radius 3 is 3.08 bits per heavy atom. The number of thiophene rings is 1. The molecule has 0 fully saturated rings. The Kier molecular flexibility index (Phi) is 4.32. The van der Waals surface area contributed by atoms with Crippen LogP contribution in [0.3, 0.4) is 0 Å². The van der Waals surface area contributed by atoms with E-state index in [0.717, 1.165) is 5.75 Å². The topological polar surface area (TPSA) is 35.5 Å². The normalized spacial score (nSPS) is 9.62. The van der Waals surface area contributed by atoms with Crippen LogP contribution in [0.15, 0.2) is 16.8 Å². The molecule has 0 amide bonds. The average Bonchev–Trinajstić information content (AvgIpc) is 2.57. The Labute approximate surface area is 81.3 Å². The van der Waals surface area contributed by atoms with Crippen molar-refractivity contribution in [2.75, 3.05) is 13.2 Å². The van der Waals surface area contributed by atoms with Crippen LogP contribution in [0, 0.1) is 0 Å². The molecule has 0 saturated carbocycles. The second kappa shape index (κ2) is 5.59. The van der Waals surface area contributed by atoms with Gasteiger partial charge in [-0.05, 0) is 18.4 Å². The van der Waals surface area contributed by atoms with E-state index in [4.69, 9.17) is 9.47 Å². The van der Waals surface area contributed by atoms with Crippen molar-refractivity contribution >= 4 is 17.3 Å². The molecule has 4 heteroatoms. The van der Waals surface area contributed by atoms with Crippen LogP contribution in [0.5, 0.6) is 5.75 Å². The van der Waals surface area contributed by atoms with E-state index in [0.29, 0.717) is 19.6 Å². The van der Waals surface area contributed by atoms with Crippen molar-refractivity contribution in [2.24, 2.45) is 0 Å². The summed E-state index contributed by atoms with van der Waals surface area (Å²) >= 11 is 1.57. The van der Waals surface area contributed by atoms with Crippen LogP contribution < -0.4 is 4.74 Å². The molecule has 72 valence electrons. The van der Waals surface area contributed by atoms with Crippen molar-refractivity contribution in [3.05, 3.63) is 16.8 Å². The van der Waals surface area contributed by atoms with Crippen LogP contribution in [0.4, 0.5) is 0 Å². The fourth-order valence-corrected chi connectivity index (χ4v) is 1.39. The molecule has 1 rings (SSSR count). The lowest BCUT2D eigenvalue weighted by atomic mass is 10.4. The summed E-state index contributed by atoms with van der Waals surface area (Å²) in [4.78, 5) is 10.9. The van der Waals surface area contributed by atoms with Gasteiger partial charge in [0.1, 0.15) is 5.75 Å². The summed E-state index contributed by atoms with van der Waals surface area (Å²) in [6, 6.07) is 1.87. The molecule has 1 aromatic rings. The quantitative estimate of drug-likeness (QED) is 0.683. The highest BCUT2D eigenvalue weighted by molar-refractivity contribution is 7.08. The molecule has 0 saturated heterocycles. The maximum absolute atomic E-state index is 10.9. The van der Waals surface area contributed by atoms with Gasteiger partial charge in [0, 0.05) is 5.38 Å². The Hall–Kier alpha value is -1.03. The molecule has 0 bridgehead atoms. The van der Waals surface area contributed by atoms with Crippen molar-refractivity contribution in [3.8, 4) is 5.75 Å². The highest BCUT2D eigenvalue weighted by Crippen LogP contribution is 2.14. The predicted molar refractivity (Wildman–Crippen MR) is 51.1 cm³/mol. The van der Waals surface area contributed by atoms with E-state index < -0.39 is 0 Å². The lowest BCUT2D eigenvalue weighted by Gasteiger charge is -2.02. The third kappa shape index (κ3) is 3.94. The van der Waals surface area contributed by atoms with Crippen LogP contribution >= 0.6 is 11.3 Å². The predicted octanol–water partition coefficient (Wildman–Crippen LogP) is 2.08. The molecule has 13 heavy (non-hydrogen) atoms. The van der Waals surface area contributed by atoms with Crippen molar-refractivity contribution in [2.45, 2.75) is 13.3 Å². The van der Waals surface area contributed by atoms with Gasteiger partial charge in [0.2, 0.25) is 0 Å². The largest absolute Gasteiger partial charge is 0.492 e. The lowest BCUT2D eigenvalue weighted by Crippen LogP contribution is -2.09. The molecule has 0 radical (unpaired) electrons. The smallest absolute Gasteiger partial charge is 0.309 e. The summed E-state index contributed by atoms with van der Waals surface area (Å²) in [7, 11) is 0. The summed E-state index contributed by atoms with van der Waals surface area (Å²) < 4.78 is 10.0. The fraction of sp³-hybridized carbons (Fsp3) is 0.444. The Bertz CT molecular complexity index is 243. The van der Waals surface area contributed by atoms with Crippen molar-refractivity contribution in [1.82, 2.24) is 0 Å². The number of carbonyl (C=O) groups is 1. The van der Waals surface area contributed by atoms with Gasteiger partial charge >= 0.3 is 5.97 Å². The molecule has 0 N–H and O–H groups in total. The first-order valence-corrected chi connectivity index (χ1v) is 5.08. The second-order valence-corrected chi connectivity index (χ2v) is 3.14. The highest BCUT2D eigenvalue weighted by Gasteiger charge is 2.01. The van der Waals surface area contributed by atoms with Crippen molar-refractivity contribution < 1.29 is 14.3 Å². The monoisotopic (exact) mass is 200 g/mol. The molecule has 0 unspecified atom stereocenters. The first kappa shape index (κ1) is 10.1. The van der Waals surface area contributed by atoms with E-state index in [-0.39, 0.29) is 5.97 Å². The van der Waals surface area contributed by atoms with E-state index in [1.54, 1.807) is 18.3 Å². The zero-order chi connectivity index (χ0) is 9.52. The number of carbonyl (C=O) groups excluding carboxylic acids is 1. The number of hydrogen-bond acceptors (Lipinski definition) is 4. The van der Waals surface area contributed by atoms with E-state index in [1.807, 2.05) is 16.8 Å². The minimum atomic E-state index is -0.210. The lowest BCUT2D eigenvalue weighted by molar-refractivity contribution is -0.143. The fourth-order valence-electron chi connectivity index (χ4n) is 0.819. The van der Waals surface area contributed by atoms with E-state index in [1.165, 1.54) is 0 Å². The molecule has 0 aliphatic carbocycles. The van der Waals surface area contributed by atoms with Gasteiger partial charge in [-0.15, -0.1) is 11.3 Å². The number of hydrogen-bond donors (Lipinski definition) is 0. The molecule has 1 aromatic heterocycles. The molecule has 0 spiro atoms. The zero-order valence-corrected chi connectivity index (χ0v) is 8.30. The molecule has 0 aliphatic rings. The maximum Gasteiger partial charge on any atom is 0.309 e. The minimum absolute atomic E-state index is 0.210. The Morgan fingerprint density at radius 1 is 1.62 bits per heavy atom. The van der Waals surface area contributed by atoms with E-state index >= 15 is 0 Å². The molecule has 0 atom stereocenters. The van der Waals surface area contributed by atoms with Crippen LogP contribution in [0.1, 0.15) is 13.3 Å². The zero-order valence-electron chi connectivity index (χ0n) is 7.49. The van der Waals surface area contributed by atoms with Crippen LogP contribution in [0.25, 0.3) is 0 Å². The number of ether oxygens (including phenoxy) is 2. The van der Waals surface area contributed by atoms with Crippen LogP contribution in [0.2, 0.25) is 0 Å². The van der Waals surface area contributed by atoms with Gasteiger partial charge in [-0.1, -0.05) is 0 Å². The molecule has 0 aliphatic heterocycles. The highest BCUT2D eigenvalue weighted by atomic mass is 32.1. The Morgan fingerprint density at radius 2 is 2.46 bits per heavy atom.